The normalized spacial score (nSPS) is 23.1. The molecule has 0 saturated carbocycles. The lowest BCUT2D eigenvalue weighted by atomic mass is 10.3. The Morgan fingerprint density at radius 2 is 2.00 bits per heavy atom. The summed E-state index contributed by atoms with van der Waals surface area (Å²) in [5.74, 6) is -0.429. The minimum absolute atomic E-state index is 0.0472. The Morgan fingerprint density at radius 1 is 1.33 bits per heavy atom. The molecule has 1 fully saturated rings. The molecule has 0 radical (unpaired) electrons. The molecule has 2 N–H and O–H groups in total. The predicted molar refractivity (Wildman–Crippen MR) is 70.1 cm³/mol. The van der Waals surface area contributed by atoms with Gasteiger partial charge in [-0.2, -0.15) is 0 Å². The molecule has 8 heteroatoms. The lowest BCUT2D eigenvalue weighted by Crippen LogP contribution is -2.23. The van der Waals surface area contributed by atoms with Crippen molar-refractivity contribution < 1.29 is 16.8 Å². The summed E-state index contributed by atoms with van der Waals surface area (Å²) in [5.41, 5.74) is 5.68. The first-order chi connectivity index (χ1) is 8.22. The molecule has 18 heavy (non-hydrogen) atoms. The molecule has 1 aliphatic rings. The van der Waals surface area contributed by atoms with Crippen molar-refractivity contribution in [3.63, 3.8) is 0 Å². The van der Waals surface area contributed by atoms with Crippen molar-refractivity contribution in [2.45, 2.75) is 16.6 Å². The van der Waals surface area contributed by atoms with Gasteiger partial charge in [0.05, 0.1) is 27.3 Å². The van der Waals surface area contributed by atoms with E-state index >= 15 is 0 Å². The maximum atomic E-state index is 12.3. The van der Waals surface area contributed by atoms with E-state index < -0.39 is 24.9 Å². The Hall–Kier alpha value is -0.790. The molecule has 1 aromatic carbocycles. The Balaban J connectivity index is 2.44. The van der Waals surface area contributed by atoms with Crippen molar-refractivity contribution in [2.75, 3.05) is 17.2 Å². The highest BCUT2D eigenvalue weighted by molar-refractivity contribution is 7.96. The molecule has 0 spiro atoms. The average molecular weight is 310 g/mol. The van der Waals surface area contributed by atoms with Crippen LogP contribution in [0.3, 0.4) is 0 Å². The second kappa shape index (κ2) is 4.40. The number of nitrogens with two attached hydrogens (primary N) is 1. The van der Waals surface area contributed by atoms with E-state index in [0.29, 0.717) is 5.02 Å². The van der Waals surface area contributed by atoms with Gasteiger partial charge >= 0.3 is 0 Å². The fourth-order valence-corrected chi connectivity index (χ4v) is 6.61. The summed E-state index contributed by atoms with van der Waals surface area (Å²) < 4.78 is 47.2. The van der Waals surface area contributed by atoms with E-state index in [1.54, 1.807) is 0 Å². The molecular weight excluding hydrogens is 298 g/mol. The maximum Gasteiger partial charge on any atom is 0.184 e. The van der Waals surface area contributed by atoms with E-state index in [1.165, 1.54) is 18.2 Å². The highest BCUT2D eigenvalue weighted by Gasteiger charge is 2.38. The van der Waals surface area contributed by atoms with Crippen LogP contribution in [-0.2, 0) is 19.7 Å². The van der Waals surface area contributed by atoms with Crippen LogP contribution in [0.1, 0.15) is 6.42 Å². The molecular formula is C10H12ClNO4S2. The molecule has 1 aromatic rings. The molecule has 0 bridgehead atoms. The highest BCUT2D eigenvalue weighted by Crippen LogP contribution is 2.30. The van der Waals surface area contributed by atoms with E-state index in [9.17, 15) is 16.8 Å². The van der Waals surface area contributed by atoms with Crippen molar-refractivity contribution in [3.05, 3.63) is 23.2 Å². The highest BCUT2D eigenvalue weighted by atomic mass is 35.5. The number of benzene rings is 1. The summed E-state index contributed by atoms with van der Waals surface area (Å²) in [6, 6.07) is 4.09. The number of rotatable bonds is 2. The quantitative estimate of drug-likeness (QED) is 0.818. The number of anilines is 1. The van der Waals surface area contributed by atoms with E-state index in [4.69, 9.17) is 17.3 Å². The fourth-order valence-electron chi connectivity index (χ4n) is 1.96. The lowest BCUT2D eigenvalue weighted by molar-refractivity contribution is 0.582. The van der Waals surface area contributed by atoms with Crippen LogP contribution in [0.2, 0.25) is 5.02 Å². The number of hydrogen-bond donors (Lipinski definition) is 1. The smallest absolute Gasteiger partial charge is 0.184 e. The Bertz CT molecular complexity index is 682. The standard InChI is InChI=1S/C10H12ClNO4S2/c11-7-1-2-10(9(12)5-7)18(15,16)8-3-4-17(13,14)6-8/h1-2,5,8H,3-4,6,12H2. The monoisotopic (exact) mass is 309 g/mol. The number of halogens is 1. The van der Waals surface area contributed by atoms with Gasteiger partial charge in [-0.25, -0.2) is 16.8 Å². The molecule has 1 aliphatic heterocycles. The zero-order chi connectivity index (χ0) is 13.6. The van der Waals surface area contributed by atoms with Gasteiger partial charge in [-0.05, 0) is 24.6 Å². The second-order valence-electron chi connectivity index (χ2n) is 4.25. The third-order valence-corrected chi connectivity index (χ3v) is 7.39. The van der Waals surface area contributed by atoms with Crippen LogP contribution in [0.4, 0.5) is 5.69 Å². The van der Waals surface area contributed by atoms with Gasteiger partial charge in [0.1, 0.15) is 0 Å². The van der Waals surface area contributed by atoms with Gasteiger partial charge < -0.3 is 5.73 Å². The van der Waals surface area contributed by atoms with E-state index in [2.05, 4.69) is 0 Å². The summed E-state index contributed by atoms with van der Waals surface area (Å²) in [7, 11) is -6.97. The first kappa shape index (κ1) is 13.6. The van der Waals surface area contributed by atoms with Gasteiger partial charge in [0, 0.05) is 5.02 Å². The van der Waals surface area contributed by atoms with Gasteiger partial charge in [0.25, 0.3) is 0 Å². The number of hydrogen-bond acceptors (Lipinski definition) is 5. The molecule has 100 valence electrons. The van der Waals surface area contributed by atoms with E-state index in [0.717, 1.165) is 0 Å². The van der Waals surface area contributed by atoms with E-state index in [1.807, 2.05) is 0 Å². The SMILES string of the molecule is Nc1cc(Cl)ccc1S(=O)(=O)C1CCS(=O)(=O)C1. The fraction of sp³-hybridized carbons (Fsp3) is 0.400. The van der Waals surface area contributed by atoms with E-state index in [-0.39, 0.29) is 28.5 Å². The number of sulfone groups is 2. The van der Waals surface area contributed by atoms with Crippen LogP contribution in [0.15, 0.2) is 23.1 Å². The molecule has 0 aliphatic carbocycles. The van der Waals surface area contributed by atoms with Crippen LogP contribution >= 0.6 is 11.6 Å². The summed E-state index contributed by atoms with van der Waals surface area (Å²) in [6.07, 6.45) is 0.118. The largest absolute Gasteiger partial charge is 0.398 e. The molecule has 1 atom stereocenters. The second-order valence-corrected chi connectivity index (χ2v) is 9.11. The Labute approximate surface area is 111 Å². The van der Waals surface area contributed by atoms with Gasteiger partial charge in [0.15, 0.2) is 19.7 Å². The third kappa shape index (κ3) is 2.48. The van der Waals surface area contributed by atoms with Crippen molar-refractivity contribution in [1.82, 2.24) is 0 Å². The summed E-state index contributed by atoms with van der Waals surface area (Å²) in [4.78, 5) is -0.0472. The summed E-state index contributed by atoms with van der Waals surface area (Å²) in [6.45, 7) is 0. The maximum absolute atomic E-state index is 12.3. The van der Waals surface area contributed by atoms with Crippen LogP contribution < -0.4 is 5.73 Å². The lowest BCUT2D eigenvalue weighted by Gasteiger charge is -2.12. The van der Waals surface area contributed by atoms with Gasteiger partial charge in [0.2, 0.25) is 0 Å². The van der Waals surface area contributed by atoms with Gasteiger partial charge in [-0.1, -0.05) is 11.6 Å². The molecule has 1 saturated heterocycles. The molecule has 0 amide bonds. The Kier molecular flexibility index (Phi) is 3.33. The van der Waals surface area contributed by atoms with Gasteiger partial charge in [-0.3, -0.25) is 0 Å². The minimum atomic E-state index is -3.72. The summed E-state index contributed by atoms with van der Waals surface area (Å²) in [5, 5.41) is -0.573. The zero-order valence-electron chi connectivity index (χ0n) is 9.34. The van der Waals surface area contributed by atoms with Crippen LogP contribution in [-0.4, -0.2) is 33.6 Å². The molecule has 2 rings (SSSR count). The van der Waals surface area contributed by atoms with Crippen LogP contribution in [0, 0.1) is 0 Å². The Morgan fingerprint density at radius 3 is 2.50 bits per heavy atom. The average Bonchev–Trinajstić information content (AvgIpc) is 2.58. The summed E-state index contributed by atoms with van der Waals surface area (Å²) >= 11 is 5.70. The van der Waals surface area contributed by atoms with Crippen molar-refractivity contribution in [1.29, 1.82) is 0 Å². The van der Waals surface area contributed by atoms with Crippen molar-refractivity contribution in [3.8, 4) is 0 Å². The molecule has 1 heterocycles. The molecule has 1 unspecified atom stereocenters. The van der Waals surface area contributed by atoms with Gasteiger partial charge in [-0.15, -0.1) is 0 Å². The van der Waals surface area contributed by atoms with Crippen molar-refractivity contribution >= 4 is 37.0 Å². The first-order valence-electron chi connectivity index (χ1n) is 5.22. The third-order valence-electron chi connectivity index (χ3n) is 2.91. The molecule has 5 nitrogen and oxygen atoms in total. The zero-order valence-corrected chi connectivity index (χ0v) is 11.7. The number of nitrogen functional groups attached to an aromatic ring is 1. The molecule has 0 aromatic heterocycles. The van der Waals surface area contributed by atoms with Crippen LogP contribution in [0.5, 0.6) is 0 Å². The topological polar surface area (TPSA) is 94.3 Å². The predicted octanol–water partition coefficient (Wildman–Crippen LogP) is 0.883. The van der Waals surface area contributed by atoms with Crippen molar-refractivity contribution in [2.24, 2.45) is 0 Å². The first-order valence-corrected chi connectivity index (χ1v) is 8.96. The minimum Gasteiger partial charge on any atom is -0.398 e. The van der Waals surface area contributed by atoms with Crippen LogP contribution in [0.25, 0.3) is 0 Å².